The van der Waals surface area contributed by atoms with Crippen LogP contribution >= 0.6 is 15.9 Å². The van der Waals surface area contributed by atoms with Crippen LogP contribution in [-0.2, 0) is 23.9 Å². The van der Waals surface area contributed by atoms with Crippen molar-refractivity contribution in [3.8, 4) is 0 Å². The third kappa shape index (κ3) is 5.12. The number of imide groups is 1. The van der Waals surface area contributed by atoms with E-state index >= 15 is 0 Å². The molecule has 3 amide bonds. The molecule has 0 spiro atoms. The quantitative estimate of drug-likeness (QED) is 0.381. The summed E-state index contributed by atoms with van der Waals surface area (Å²) < 4.78 is 5.93. The zero-order chi connectivity index (χ0) is 21.0. The maximum Gasteiger partial charge on any atom is 0.308 e. The number of amides is 3. The van der Waals surface area contributed by atoms with E-state index < -0.39 is 18.5 Å². The number of fused-ring (bicyclic) bond motifs is 1. The fraction of sp³-hybridized carbons (Fsp3) is 0.429. The molecule has 154 valence electrons. The largest absolute Gasteiger partial charge is 0.456 e. The highest BCUT2D eigenvalue weighted by Crippen LogP contribution is 2.35. The molecule has 0 bridgehead atoms. The van der Waals surface area contributed by atoms with Crippen molar-refractivity contribution < 1.29 is 23.9 Å². The maximum absolute atomic E-state index is 12.4. The van der Waals surface area contributed by atoms with Crippen LogP contribution in [0.15, 0.2) is 40.9 Å². The van der Waals surface area contributed by atoms with Crippen molar-refractivity contribution in [1.82, 2.24) is 10.2 Å². The second-order valence-electron chi connectivity index (χ2n) is 7.24. The molecule has 1 heterocycles. The predicted molar refractivity (Wildman–Crippen MR) is 108 cm³/mol. The molecule has 1 aliphatic heterocycles. The van der Waals surface area contributed by atoms with Gasteiger partial charge in [0.2, 0.25) is 11.8 Å². The number of esters is 1. The Balaban J connectivity index is 1.41. The van der Waals surface area contributed by atoms with Gasteiger partial charge in [-0.2, -0.15) is 0 Å². The zero-order valence-corrected chi connectivity index (χ0v) is 17.7. The van der Waals surface area contributed by atoms with Gasteiger partial charge in [0.25, 0.3) is 5.91 Å². The standard InChI is InChI=1S/C21H23BrN2O5/c1-13(14-6-8-15(22)9-7-14)23-18(25)12-29-19(26)10-11-24-20(27)16-4-2-3-5-17(16)21(24)28/h2-3,6-9,13,16-17H,4-5,10-12H2,1H3,(H,23,25)/t13-,16-,17+/m0/s1. The third-order valence-corrected chi connectivity index (χ3v) is 5.78. The Morgan fingerprint density at radius 2 is 1.72 bits per heavy atom. The zero-order valence-electron chi connectivity index (χ0n) is 16.1. The third-order valence-electron chi connectivity index (χ3n) is 5.25. The molecule has 1 N–H and O–H groups in total. The lowest BCUT2D eigenvalue weighted by Gasteiger charge is -2.15. The molecular formula is C21H23BrN2O5. The van der Waals surface area contributed by atoms with Gasteiger partial charge in [0.05, 0.1) is 24.3 Å². The van der Waals surface area contributed by atoms with Gasteiger partial charge < -0.3 is 10.1 Å². The van der Waals surface area contributed by atoms with Gasteiger partial charge in [-0.3, -0.25) is 24.1 Å². The summed E-state index contributed by atoms with van der Waals surface area (Å²) in [5.41, 5.74) is 0.926. The maximum atomic E-state index is 12.4. The van der Waals surface area contributed by atoms with Gasteiger partial charge >= 0.3 is 5.97 Å². The number of ether oxygens (including phenoxy) is 1. The average Bonchev–Trinajstić information content (AvgIpc) is 2.95. The second-order valence-corrected chi connectivity index (χ2v) is 8.15. The molecule has 0 unspecified atom stereocenters. The number of benzene rings is 1. The van der Waals surface area contributed by atoms with Gasteiger partial charge in [0.15, 0.2) is 6.61 Å². The van der Waals surface area contributed by atoms with E-state index in [4.69, 9.17) is 4.74 Å². The van der Waals surface area contributed by atoms with Crippen LogP contribution in [0.3, 0.4) is 0 Å². The molecule has 0 radical (unpaired) electrons. The normalized spacial score (nSPS) is 21.7. The van der Waals surface area contributed by atoms with Crippen molar-refractivity contribution >= 4 is 39.6 Å². The Morgan fingerprint density at radius 3 is 2.31 bits per heavy atom. The van der Waals surface area contributed by atoms with Crippen molar-refractivity contribution in [2.45, 2.75) is 32.2 Å². The highest BCUT2D eigenvalue weighted by atomic mass is 79.9. The molecule has 1 saturated heterocycles. The SMILES string of the molecule is C[C@H](NC(=O)COC(=O)CCN1C(=O)[C@H]2CC=CC[C@H]2C1=O)c1ccc(Br)cc1. The van der Waals surface area contributed by atoms with Crippen LogP contribution in [0.25, 0.3) is 0 Å². The number of rotatable bonds is 7. The summed E-state index contributed by atoms with van der Waals surface area (Å²) >= 11 is 3.36. The lowest BCUT2D eigenvalue weighted by Crippen LogP contribution is -2.34. The molecule has 1 fully saturated rings. The Bertz CT molecular complexity index is 810. The van der Waals surface area contributed by atoms with Crippen molar-refractivity contribution in [3.05, 3.63) is 46.5 Å². The van der Waals surface area contributed by atoms with E-state index in [1.54, 1.807) is 0 Å². The number of hydrogen-bond acceptors (Lipinski definition) is 5. The number of nitrogens with zero attached hydrogens (tertiary/aromatic N) is 1. The summed E-state index contributed by atoms with van der Waals surface area (Å²) in [7, 11) is 0. The Hall–Kier alpha value is -2.48. The second kappa shape index (κ2) is 9.35. The number of hydrogen-bond donors (Lipinski definition) is 1. The van der Waals surface area contributed by atoms with E-state index in [1.807, 2.05) is 43.3 Å². The monoisotopic (exact) mass is 462 g/mol. The van der Waals surface area contributed by atoms with Crippen LogP contribution < -0.4 is 5.32 Å². The van der Waals surface area contributed by atoms with Gasteiger partial charge in [-0.05, 0) is 37.5 Å². The summed E-state index contributed by atoms with van der Waals surface area (Å²) in [6.45, 7) is 1.42. The number of allylic oxidation sites excluding steroid dienone is 2. The van der Waals surface area contributed by atoms with E-state index in [0.717, 1.165) is 14.9 Å². The van der Waals surface area contributed by atoms with Crippen LogP contribution in [0.4, 0.5) is 0 Å². The molecule has 1 aromatic carbocycles. The van der Waals surface area contributed by atoms with E-state index in [-0.39, 0.29) is 42.7 Å². The van der Waals surface area contributed by atoms with Crippen LogP contribution in [-0.4, -0.2) is 41.7 Å². The van der Waals surface area contributed by atoms with Gasteiger partial charge in [-0.25, -0.2) is 0 Å². The van der Waals surface area contributed by atoms with Crippen LogP contribution in [0, 0.1) is 11.8 Å². The molecule has 1 aromatic rings. The Morgan fingerprint density at radius 1 is 1.14 bits per heavy atom. The highest BCUT2D eigenvalue weighted by Gasteiger charge is 2.46. The first-order valence-electron chi connectivity index (χ1n) is 9.57. The minimum Gasteiger partial charge on any atom is -0.456 e. The van der Waals surface area contributed by atoms with Crippen molar-refractivity contribution in [2.24, 2.45) is 11.8 Å². The molecule has 29 heavy (non-hydrogen) atoms. The first-order chi connectivity index (χ1) is 13.9. The minimum atomic E-state index is -0.620. The van der Waals surface area contributed by atoms with Crippen LogP contribution in [0.2, 0.25) is 0 Å². The fourth-order valence-corrected chi connectivity index (χ4v) is 3.89. The van der Waals surface area contributed by atoms with Crippen molar-refractivity contribution in [1.29, 1.82) is 0 Å². The topological polar surface area (TPSA) is 92.8 Å². The van der Waals surface area contributed by atoms with Crippen molar-refractivity contribution in [2.75, 3.05) is 13.2 Å². The average molecular weight is 463 g/mol. The number of likely N-dealkylation sites (tertiary alicyclic amines) is 1. The molecular weight excluding hydrogens is 440 g/mol. The van der Waals surface area contributed by atoms with Crippen LogP contribution in [0.1, 0.15) is 37.8 Å². The van der Waals surface area contributed by atoms with E-state index in [0.29, 0.717) is 12.8 Å². The van der Waals surface area contributed by atoms with Gasteiger partial charge in [-0.1, -0.05) is 40.2 Å². The van der Waals surface area contributed by atoms with Crippen molar-refractivity contribution in [3.63, 3.8) is 0 Å². The number of halogens is 1. The molecule has 3 atom stereocenters. The number of nitrogens with one attached hydrogen (secondary N) is 1. The summed E-state index contributed by atoms with van der Waals surface area (Å²) in [6, 6.07) is 7.30. The van der Waals surface area contributed by atoms with E-state index in [9.17, 15) is 19.2 Å². The first kappa shape index (κ1) is 21.2. The molecule has 0 aromatic heterocycles. The lowest BCUT2D eigenvalue weighted by atomic mass is 9.85. The van der Waals surface area contributed by atoms with Gasteiger partial charge in [0, 0.05) is 11.0 Å². The fourth-order valence-electron chi connectivity index (χ4n) is 3.63. The lowest BCUT2D eigenvalue weighted by molar-refractivity contribution is -0.150. The summed E-state index contributed by atoms with van der Waals surface area (Å²) in [6.07, 6.45) is 4.83. The minimum absolute atomic E-state index is 0.0135. The van der Waals surface area contributed by atoms with Gasteiger partial charge in [0.1, 0.15) is 0 Å². The highest BCUT2D eigenvalue weighted by molar-refractivity contribution is 9.10. The summed E-state index contributed by atoms with van der Waals surface area (Å²) in [4.78, 5) is 49.8. The summed E-state index contributed by atoms with van der Waals surface area (Å²) in [5.74, 6) is -2.11. The molecule has 3 rings (SSSR count). The molecule has 0 saturated carbocycles. The molecule has 2 aliphatic rings. The van der Waals surface area contributed by atoms with Crippen LogP contribution in [0.5, 0.6) is 0 Å². The Kier molecular flexibility index (Phi) is 6.84. The number of carbonyl (C=O) groups is 4. The summed E-state index contributed by atoms with van der Waals surface area (Å²) in [5, 5.41) is 2.76. The van der Waals surface area contributed by atoms with E-state index in [1.165, 1.54) is 0 Å². The van der Waals surface area contributed by atoms with Gasteiger partial charge in [-0.15, -0.1) is 0 Å². The molecule has 8 heteroatoms. The predicted octanol–water partition coefficient (Wildman–Crippen LogP) is 2.51. The molecule has 1 aliphatic carbocycles. The molecule has 7 nitrogen and oxygen atoms in total. The number of carbonyl (C=O) groups excluding carboxylic acids is 4. The Labute approximate surface area is 177 Å². The van der Waals surface area contributed by atoms with E-state index in [2.05, 4.69) is 21.2 Å². The smallest absolute Gasteiger partial charge is 0.308 e. The first-order valence-corrected chi connectivity index (χ1v) is 10.4.